The SMILES string of the molecule is CCOC(=O)CCNCc1c(OC2CCC(C(C)(C)C)CC2)cc(C)c2ccccc12. The van der Waals surface area contributed by atoms with Crippen LogP contribution >= 0.6 is 0 Å². The van der Waals surface area contributed by atoms with Crippen LogP contribution in [0.4, 0.5) is 0 Å². The minimum absolute atomic E-state index is 0.157. The second kappa shape index (κ2) is 10.5. The lowest BCUT2D eigenvalue weighted by atomic mass is 9.72. The molecule has 0 aliphatic heterocycles. The maximum atomic E-state index is 11.7. The van der Waals surface area contributed by atoms with E-state index in [9.17, 15) is 4.79 Å². The first-order chi connectivity index (χ1) is 14.8. The molecule has 0 amide bonds. The summed E-state index contributed by atoms with van der Waals surface area (Å²) in [6, 6.07) is 10.7. The van der Waals surface area contributed by atoms with Crippen LogP contribution in [0.25, 0.3) is 10.8 Å². The Labute approximate surface area is 187 Å². The Bertz CT molecular complexity index is 876. The van der Waals surface area contributed by atoms with E-state index in [4.69, 9.17) is 9.47 Å². The van der Waals surface area contributed by atoms with Gasteiger partial charge >= 0.3 is 5.97 Å². The van der Waals surface area contributed by atoms with Crippen LogP contribution in [0.15, 0.2) is 30.3 Å². The molecular formula is C27H39NO3. The minimum atomic E-state index is -0.157. The van der Waals surface area contributed by atoms with Crippen molar-refractivity contribution in [1.82, 2.24) is 5.32 Å². The van der Waals surface area contributed by atoms with Gasteiger partial charge in [0.25, 0.3) is 0 Å². The molecule has 0 radical (unpaired) electrons. The summed E-state index contributed by atoms with van der Waals surface area (Å²) in [5.74, 6) is 1.60. The van der Waals surface area contributed by atoms with Gasteiger partial charge in [0.2, 0.25) is 0 Å². The summed E-state index contributed by atoms with van der Waals surface area (Å²) < 4.78 is 11.7. The summed E-state index contributed by atoms with van der Waals surface area (Å²) in [7, 11) is 0. The van der Waals surface area contributed by atoms with Crippen molar-refractivity contribution in [2.24, 2.45) is 11.3 Å². The Morgan fingerprint density at radius 1 is 1.10 bits per heavy atom. The molecule has 0 spiro atoms. The highest BCUT2D eigenvalue weighted by Crippen LogP contribution is 2.40. The number of rotatable bonds is 8. The second-order valence-corrected chi connectivity index (χ2v) is 9.91. The molecule has 31 heavy (non-hydrogen) atoms. The van der Waals surface area contributed by atoms with Crippen molar-refractivity contribution in [1.29, 1.82) is 0 Å². The molecule has 4 nitrogen and oxygen atoms in total. The quantitative estimate of drug-likeness (QED) is 0.405. The third-order valence-corrected chi connectivity index (χ3v) is 6.63. The van der Waals surface area contributed by atoms with Crippen molar-refractivity contribution in [3.8, 4) is 5.75 Å². The Hall–Kier alpha value is -2.07. The van der Waals surface area contributed by atoms with Crippen molar-refractivity contribution in [3.05, 3.63) is 41.5 Å². The highest BCUT2D eigenvalue weighted by Gasteiger charge is 2.30. The molecule has 0 bridgehead atoms. The summed E-state index contributed by atoms with van der Waals surface area (Å²) in [4.78, 5) is 11.7. The molecule has 2 aromatic rings. The van der Waals surface area contributed by atoms with Gasteiger partial charge in [-0.3, -0.25) is 4.79 Å². The van der Waals surface area contributed by atoms with Gasteiger partial charge in [0.15, 0.2) is 0 Å². The molecule has 1 saturated carbocycles. The summed E-state index contributed by atoms with van der Waals surface area (Å²) in [6.07, 6.45) is 5.34. The smallest absolute Gasteiger partial charge is 0.307 e. The van der Waals surface area contributed by atoms with Gasteiger partial charge in [-0.25, -0.2) is 0 Å². The number of nitrogens with one attached hydrogen (secondary N) is 1. The first-order valence-electron chi connectivity index (χ1n) is 11.8. The fourth-order valence-electron chi connectivity index (χ4n) is 4.74. The molecule has 1 N–H and O–H groups in total. The predicted molar refractivity (Wildman–Crippen MR) is 127 cm³/mol. The highest BCUT2D eigenvalue weighted by molar-refractivity contribution is 5.90. The van der Waals surface area contributed by atoms with Crippen LogP contribution in [0.1, 0.15) is 70.9 Å². The maximum absolute atomic E-state index is 11.7. The number of hydrogen-bond acceptors (Lipinski definition) is 4. The maximum Gasteiger partial charge on any atom is 0.307 e. The largest absolute Gasteiger partial charge is 0.490 e. The van der Waals surface area contributed by atoms with E-state index in [0.29, 0.717) is 31.5 Å². The number of carbonyl (C=O) groups excluding carboxylic acids is 1. The van der Waals surface area contributed by atoms with Crippen LogP contribution in [-0.2, 0) is 16.1 Å². The van der Waals surface area contributed by atoms with Gasteiger partial charge in [0.05, 0.1) is 19.1 Å². The molecule has 0 unspecified atom stereocenters. The third kappa shape index (κ3) is 6.22. The Kier molecular flexibility index (Phi) is 7.99. The number of ether oxygens (including phenoxy) is 2. The average Bonchev–Trinajstić information content (AvgIpc) is 2.73. The van der Waals surface area contributed by atoms with Gasteiger partial charge < -0.3 is 14.8 Å². The van der Waals surface area contributed by atoms with Gasteiger partial charge in [-0.05, 0) is 73.3 Å². The minimum Gasteiger partial charge on any atom is -0.490 e. The van der Waals surface area contributed by atoms with Crippen molar-refractivity contribution in [2.45, 2.75) is 79.4 Å². The summed E-state index contributed by atoms with van der Waals surface area (Å²) in [5.41, 5.74) is 2.80. The number of fused-ring (bicyclic) bond motifs is 1. The van der Waals surface area contributed by atoms with E-state index >= 15 is 0 Å². The molecule has 0 aromatic heterocycles. The normalized spacial score (nSPS) is 19.4. The monoisotopic (exact) mass is 425 g/mol. The molecular weight excluding hydrogens is 386 g/mol. The van der Waals surface area contributed by atoms with Crippen molar-refractivity contribution in [2.75, 3.05) is 13.2 Å². The fraction of sp³-hybridized carbons (Fsp3) is 0.593. The van der Waals surface area contributed by atoms with Crippen LogP contribution in [0.3, 0.4) is 0 Å². The van der Waals surface area contributed by atoms with Gasteiger partial charge in [-0.1, -0.05) is 45.0 Å². The first-order valence-corrected chi connectivity index (χ1v) is 11.8. The van der Waals surface area contributed by atoms with Gasteiger partial charge in [-0.15, -0.1) is 0 Å². The van der Waals surface area contributed by atoms with E-state index in [2.05, 4.69) is 63.3 Å². The number of benzene rings is 2. The molecule has 1 fully saturated rings. The van der Waals surface area contributed by atoms with E-state index in [0.717, 1.165) is 24.5 Å². The topological polar surface area (TPSA) is 47.6 Å². The second-order valence-electron chi connectivity index (χ2n) is 9.91. The first kappa shape index (κ1) is 23.6. The summed E-state index contributed by atoms with van der Waals surface area (Å²) >= 11 is 0. The average molecular weight is 426 g/mol. The lowest BCUT2D eigenvalue weighted by Crippen LogP contribution is -2.31. The lowest BCUT2D eigenvalue weighted by Gasteiger charge is -2.37. The molecule has 0 atom stereocenters. The molecule has 1 aliphatic carbocycles. The van der Waals surface area contributed by atoms with E-state index in [1.165, 1.54) is 34.7 Å². The van der Waals surface area contributed by atoms with E-state index in [1.54, 1.807) is 0 Å². The van der Waals surface area contributed by atoms with Crippen LogP contribution in [0.5, 0.6) is 5.75 Å². The number of hydrogen-bond donors (Lipinski definition) is 1. The summed E-state index contributed by atoms with van der Waals surface area (Å²) in [5, 5.41) is 5.91. The number of carbonyl (C=O) groups is 1. The molecule has 1 aliphatic rings. The fourth-order valence-corrected chi connectivity index (χ4v) is 4.74. The van der Waals surface area contributed by atoms with E-state index < -0.39 is 0 Å². The number of esters is 1. The molecule has 170 valence electrons. The zero-order chi connectivity index (χ0) is 22.4. The van der Waals surface area contributed by atoms with Gasteiger partial charge in [0.1, 0.15) is 5.75 Å². The molecule has 4 heteroatoms. The molecule has 3 rings (SSSR count). The molecule has 0 heterocycles. The van der Waals surface area contributed by atoms with Crippen LogP contribution in [-0.4, -0.2) is 25.2 Å². The van der Waals surface area contributed by atoms with Crippen LogP contribution < -0.4 is 10.1 Å². The van der Waals surface area contributed by atoms with Gasteiger partial charge in [-0.2, -0.15) is 0 Å². The zero-order valence-corrected chi connectivity index (χ0v) is 19.9. The predicted octanol–water partition coefficient (Wildman–Crippen LogP) is 6.17. The van der Waals surface area contributed by atoms with E-state index in [-0.39, 0.29) is 12.1 Å². The Morgan fingerprint density at radius 3 is 2.42 bits per heavy atom. The van der Waals surface area contributed by atoms with Crippen LogP contribution in [0, 0.1) is 18.3 Å². The van der Waals surface area contributed by atoms with Crippen molar-refractivity contribution >= 4 is 16.7 Å². The third-order valence-electron chi connectivity index (χ3n) is 6.63. The highest BCUT2D eigenvalue weighted by atomic mass is 16.5. The summed E-state index contributed by atoms with van der Waals surface area (Å²) in [6.45, 7) is 12.7. The molecule has 2 aromatic carbocycles. The van der Waals surface area contributed by atoms with E-state index in [1.807, 2.05) is 6.92 Å². The lowest BCUT2D eigenvalue weighted by molar-refractivity contribution is -0.142. The zero-order valence-electron chi connectivity index (χ0n) is 19.9. The Morgan fingerprint density at radius 2 is 1.77 bits per heavy atom. The van der Waals surface area contributed by atoms with Crippen molar-refractivity contribution in [3.63, 3.8) is 0 Å². The van der Waals surface area contributed by atoms with Crippen LogP contribution in [0.2, 0.25) is 0 Å². The van der Waals surface area contributed by atoms with Gasteiger partial charge in [0, 0.05) is 18.7 Å². The Balaban J connectivity index is 1.74. The standard InChI is InChI=1S/C27H39NO3/c1-6-30-26(29)15-16-28-18-24-23-10-8-7-9-22(23)19(2)17-25(24)31-21-13-11-20(12-14-21)27(3,4)5/h7-10,17,20-21,28H,6,11-16,18H2,1-5H3. The van der Waals surface area contributed by atoms with Crippen molar-refractivity contribution < 1.29 is 14.3 Å². The number of aryl methyl sites for hydroxylation is 1. The molecule has 0 saturated heterocycles.